The summed E-state index contributed by atoms with van der Waals surface area (Å²) in [6, 6.07) is 7.06. The highest BCUT2D eigenvalue weighted by Crippen LogP contribution is 2.32. The number of carbonyl (C=O) groups is 1. The van der Waals surface area contributed by atoms with Crippen molar-refractivity contribution in [1.29, 1.82) is 0 Å². The average molecular weight is 342 g/mol. The van der Waals surface area contributed by atoms with Gasteiger partial charge in [-0.2, -0.15) is 13.2 Å². The molecule has 8 heteroatoms. The van der Waals surface area contributed by atoms with Crippen molar-refractivity contribution in [2.75, 3.05) is 0 Å². The van der Waals surface area contributed by atoms with Crippen LogP contribution in [0.4, 0.5) is 13.2 Å². The van der Waals surface area contributed by atoms with E-state index >= 15 is 0 Å². The molecule has 0 unspecified atom stereocenters. The lowest BCUT2D eigenvalue weighted by atomic mass is 10.2. The van der Waals surface area contributed by atoms with Gasteiger partial charge in [0.25, 0.3) is 5.91 Å². The number of alkyl halides is 3. The van der Waals surface area contributed by atoms with Gasteiger partial charge >= 0.3 is 6.18 Å². The van der Waals surface area contributed by atoms with Crippen molar-refractivity contribution in [2.24, 2.45) is 0 Å². The number of thiophene rings is 1. The summed E-state index contributed by atoms with van der Waals surface area (Å²) in [4.78, 5) is 17.0. The number of amides is 1. The molecular weight excluding hydrogens is 333 g/mol. The monoisotopic (exact) mass is 342 g/mol. The number of fused-ring (bicyclic) bond motifs is 1. The Morgan fingerprint density at radius 2 is 2.09 bits per heavy atom. The van der Waals surface area contributed by atoms with E-state index in [9.17, 15) is 18.0 Å². The average Bonchev–Trinajstić information content (AvgIpc) is 3.11. The van der Waals surface area contributed by atoms with Crippen LogP contribution in [0.5, 0.6) is 0 Å². The third kappa shape index (κ3) is 3.12. The standard InChI is InChI=1S/C14H9F3N2OS2/c15-14(16,17)8-3-4-11-10(6-8)19-13(22-11)12(20)18-7-9-2-1-5-21-9/h1-6H,7H2,(H,18,20). The number of benzene rings is 1. The van der Waals surface area contributed by atoms with Gasteiger partial charge in [-0.25, -0.2) is 4.98 Å². The summed E-state index contributed by atoms with van der Waals surface area (Å²) in [6.45, 7) is 0.375. The maximum atomic E-state index is 12.7. The van der Waals surface area contributed by atoms with Crippen LogP contribution in [0, 0.1) is 0 Å². The highest BCUT2D eigenvalue weighted by atomic mass is 32.1. The number of thiazole rings is 1. The van der Waals surface area contributed by atoms with Gasteiger partial charge in [-0.3, -0.25) is 4.79 Å². The van der Waals surface area contributed by atoms with Gasteiger partial charge < -0.3 is 5.32 Å². The highest BCUT2D eigenvalue weighted by molar-refractivity contribution is 7.20. The molecular formula is C14H9F3N2OS2. The van der Waals surface area contributed by atoms with E-state index in [-0.39, 0.29) is 16.4 Å². The van der Waals surface area contributed by atoms with E-state index in [1.807, 2.05) is 17.5 Å². The molecule has 1 aromatic carbocycles. The molecule has 2 heterocycles. The number of carbonyl (C=O) groups excluding carboxylic acids is 1. The van der Waals surface area contributed by atoms with Gasteiger partial charge in [0.05, 0.1) is 22.3 Å². The van der Waals surface area contributed by atoms with Crippen LogP contribution in [-0.4, -0.2) is 10.9 Å². The Kier molecular flexibility index (Phi) is 3.88. The van der Waals surface area contributed by atoms with Crippen LogP contribution >= 0.6 is 22.7 Å². The molecule has 0 saturated heterocycles. The second kappa shape index (κ2) is 5.69. The van der Waals surface area contributed by atoms with E-state index in [1.54, 1.807) is 0 Å². The van der Waals surface area contributed by atoms with Crippen molar-refractivity contribution < 1.29 is 18.0 Å². The molecule has 2 aromatic heterocycles. The lowest BCUT2D eigenvalue weighted by molar-refractivity contribution is -0.137. The summed E-state index contributed by atoms with van der Waals surface area (Å²) in [6.07, 6.45) is -4.42. The Balaban J connectivity index is 1.80. The highest BCUT2D eigenvalue weighted by Gasteiger charge is 2.31. The Morgan fingerprint density at radius 1 is 1.27 bits per heavy atom. The molecule has 0 aliphatic rings. The van der Waals surface area contributed by atoms with Crippen LogP contribution in [0.1, 0.15) is 20.2 Å². The number of rotatable bonds is 3. The number of halogens is 3. The van der Waals surface area contributed by atoms with Gasteiger partial charge in [-0.15, -0.1) is 22.7 Å². The SMILES string of the molecule is O=C(NCc1cccs1)c1nc2cc(C(F)(F)F)ccc2s1. The van der Waals surface area contributed by atoms with E-state index in [4.69, 9.17) is 0 Å². The van der Waals surface area contributed by atoms with Crippen LogP contribution in [0.15, 0.2) is 35.7 Å². The quantitative estimate of drug-likeness (QED) is 0.771. The largest absolute Gasteiger partial charge is 0.416 e. The van der Waals surface area contributed by atoms with E-state index in [0.29, 0.717) is 11.2 Å². The minimum absolute atomic E-state index is 0.158. The van der Waals surface area contributed by atoms with E-state index in [0.717, 1.165) is 28.3 Å². The molecule has 0 bridgehead atoms. The fourth-order valence-corrected chi connectivity index (χ4v) is 3.36. The fraction of sp³-hybridized carbons (Fsp3) is 0.143. The minimum Gasteiger partial charge on any atom is -0.345 e. The number of nitrogens with zero attached hydrogens (tertiary/aromatic N) is 1. The molecule has 3 nitrogen and oxygen atoms in total. The first-order valence-electron chi connectivity index (χ1n) is 6.22. The Labute approximate surface area is 131 Å². The molecule has 3 aromatic rings. The molecule has 0 fully saturated rings. The van der Waals surface area contributed by atoms with E-state index < -0.39 is 11.7 Å². The number of aromatic nitrogens is 1. The molecule has 0 aliphatic heterocycles. The minimum atomic E-state index is -4.42. The number of hydrogen-bond acceptors (Lipinski definition) is 4. The first-order valence-corrected chi connectivity index (χ1v) is 7.91. The molecule has 0 aliphatic carbocycles. The van der Waals surface area contributed by atoms with Gasteiger partial charge in [-0.05, 0) is 29.6 Å². The molecule has 0 atom stereocenters. The molecule has 0 saturated carbocycles. The zero-order valence-corrected chi connectivity index (χ0v) is 12.6. The molecule has 1 N–H and O–H groups in total. The number of hydrogen-bond donors (Lipinski definition) is 1. The van der Waals surface area contributed by atoms with Crippen molar-refractivity contribution >= 4 is 38.8 Å². The summed E-state index contributed by atoms with van der Waals surface area (Å²) in [5, 5.41) is 4.76. The van der Waals surface area contributed by atoms with Crippen molar-refractivity contribution in [3.8, 4) is 0 Å². The second-order valence-corrected chi connectivity index (χ2v) is 6.52. The lowest BCUT2D eigenvalue weighted by Gasteiger charge is -2.04. The van der Waals surface area contributed by atoms with Crippen molar-refractivity contribution in [1.82, 2.24) is 10.3 Å². The Morgan fingerprint density at radius 3 is 2.77 bits per heavy atom. The molecule has 3 rings (SSSR count). The second-order valence-electron chi connectivity index (χ2n) is 4.46. The summed E-state index contributed by atoms with van der Waals surface area (Å²) in [5.74, 6) is -0.386. The van der Waals surface area contributed by atoms with Gasteiger partial charge in [0.15, 0.2) is 5.01 Å². The third-order valence-electron chi connectivity index (χ3n) is 2.91. The Hall–Kier alpha value is -1.93. The Bertz CT molecular complexity index is 809. The topological polar surface area (TPSA) is 42.0 Å². The zero-order valence-electron chi connectivity index (χ0n) is 11.0. The van der Waals surface area contributed by atoms with Gasteiger partial charge in [0.1, 0.15) is 0 Å². The molecule has 0 radical (unpaired) electrons. The third-order valence-corrected chi connectivity index (χ3v) is 4.82. The summed E-state index contributed by atoms with van der Waals surface area (Å²) < 4.78 is 38.5. The summed E-state index contributed by atoms with van der Waals surface area (Å²) in [7, 11) is 0. The molecule has 22 heavy (non-hydrogen) atoms. The first kappa shape index (κ1) is 15.0. The van der Waals surface area contributed by atoms with Crippen LogP contribution in [0.2, 0.25) is 0 Å². The molecule has 114 valence electrons. The van der Waals surface area contributed by atoms with Crippen molar-refractivity contribution in [3.05, 3.63) is 51.2 Å². The predicted octanol–water partition coefficient (Wildman–Crippen LogP) is 4.31. The normalized spacial score (nSPS) is 11.8. The summed E-state index contributed by atoms with van der Waals surface area (Å²) >= 11 is 2.59. The smallest absolute Gasteiger partial charge is 0.345 e. The van der Waals surface area contributed by atoms with E-state index in [1.165, 1.54) is 17.4 Å². The zero-order chi connectivity index (χ0) is 15.7. The maximum Gasteiger partial charge on any atom is 0.416 e. The summed E-state index contributed by atoms with van der Waals surface area (Å²) in [5.41, 5.74) is -0.586. The van der Waals surface area contributed by atoms with Gasteiger partial charge in [0.2, 0.25) is 0 Å². The predicted molar refractivity (Wildman–Crippen MR) is 80.1 cm³/mol. The first-order chi connectivity index (χ1) is 10.4. The van der Waals surface area contributed by atoms with Crippen LogP contribution < -0.4 is 5.32 Å². The number of nitrogens with one attached hydrogen (secondary N) is 1. The molecule has 1 amide bonds. The van der Waals surface area contributed by atoms with E-state index in [2.05, 4.69) is 10.3 Å². The van der Waals surface area contributed by atoms with Crippen molar-refractivity contribution in [3.63, 3.8) is 0 Å². The van der Waals surface area contributed by atoms with Crippen LogP contribution in [-0.2, 0) is 12.7 Å². The lowest BCUT2D eigenvalue weighted by Crippen LogP contribution is -2.21. The van der Waals surface area contributed by atoms with Gasteiger partial charge in [-0.1, -0.05) is 6.07 Å². The van der Waals surface area contributed by atoms with Crippen molar-refractivity contribution in [2.45, 2.75) is 12.7 Å². The fourth-order valence-electron chi connectivity index (χ4n) is 1.86. The van der Waals surface area contributed by atoms with Gasteiger partial charge in [0, 0.05) is 4.88 Å². The van der Waals surface area contributed by atoms with Crippen LogP contribution in [0.3, 0.4) is 0 Å². The molecule has 0 spiro atoms. The van der Waals surface area contributed by atoms with Crippen LogP contribution in [0.25, 0.3) is 10.2 Å². The maximum absolute atomic E-state index is 12.7.